The van der Waals surface area contributed by atoms with Gasteiger partial charge in [-0.15, -0.1) is 0 Å². The molecule has 1 saturated heterocycles. The molecule has 2 aliphatic rings. The predicted molar refractivity (Wildman–Crippen MR) is 129 cm³/mol. The standard InChI is InChI=1S/C27H33N3O2/c31-26(25-10-9-23-12-14-28-15-13-24(23)21-25)7-4-16-29-17-19-30(20-18-29)27(32)11-8-22-5-2-1-3-6-22/h1-3,5-6,8-11,21,28H,4,7,12-20H2/b11-8+. The van der Waals surface area contributed by atoms with Gasteiger partial charge < -0.3 is 10.2 Å². The molecule has 1 amide bonds. The summed E-state index contributed by atoms with van der Waals surface area (Å²) in [7, 11) is 0. The van der Waals surface area contributed by atoms with Gasteiger partial charge in [0.1, 0.15) is 0 Å². The number of ketones is 1. The average molecular weight is 432 g/mol. The molecule has 0 aromatic heterocycles. The minimum atomic E-state index is 0.0714. The molecular weight excluding hydrogens is 398 g/mol. The fourth-order valence-electron chi connectivity index (χ4n) is 4.48. The van der Waals surface area contributed by atoms with Gasteiger partial charge in [-0.25, -0.2) is 0 Å². The lowest BCUT2D eigenvalue weighted by Gasteiger charge is -2.34. The number of piperazine rings is 1. The van der Waals surface area contributed by atoms with Crippen LogP contribution in [0.3, 0.4) is 0 Å². The van der Waals surface area contributed by atoms with Crippen molar-refractivity contribution in [1.82, 2.24) is 15.1 Å². The van der Waals surface area contributed by atoms with Crippen molar-refractivity contribution in [3.63, 3.8) is 0 Å². The molecule has 2 heterocycles. The Balaban J connectivity index is 1.18. The highest BCUT2D eigenvalue weighted by molar-refractivity contribution is 5.96. The first-order chi connectivity index (χ1) is 15.7. The highest BCUT2D eigenvalue weighted by atomic mass is 16.2. The molecule has 5 heteroatoms. The Morgan fingerprint density at radius 1 is 0.906 bits per heavy atom. The molecule has 32 heavy (non-hydrogen) atoms. The number of nitrogens with one attached hydrogen (secondary N) is 1. The molecule has 0 aliphatic carbocycles. The Hall–Kier alpha value is -2.76. The number of rotatable bonds is 7. The van der Waals surface area contributed by atoms with Gasteiger partial charge in [-0.1, -0.05) is 42.5 Å². The van der Waals surface area contributed by atoms with Gasteiger partial charge >= 0.3 is 0 Å². The van der Waals surface area contributed by atoms with E-state index in [4.69, 9.17) is 0 Å². The summed E-state index contributed by atoms with van der Waals surface area (Å²) in [5.41, 5.74) is 4.59. The molecular formula is C27H33N3O2. The average Bonchev–Trinajstić information content (AvgIpc) is 3.08. The van der Waals surface area contributed by atoms with E-state index in [9.17, 15) is 9.59 Å². The van der Waals surface area contributed by atoms with Crippen molar-refractivity contribution >= 4 is 17.8 Å². The van der Waals surface area contributed by atoms with Crippen molar-refractivity contribution in [2.45, 2.75) is 25.7 Å². The summed E-state index contributed by atoms with van der Waals surface area (Å²) in [5, 5.41) is 3.42. The quantitative estimate of drug-likeness (QED) is 0.540. The van der Waals surface area contributed by atoms with Gasteiger partial charge in [0.2, 0.25) is 5.91 Å². The van der Waals surface area contributed by atoms with E-state index in [2.05, 4.69) is 22.3 Å². The van der Waals surface area contributed by atoms with Crippen molar-refractivity contribution in [2.75, 3.05) is 45.8 Å². The molecule has 0 atom stereocenters. The van der Waals surface area contributed by atoms with Crippen LogP contribution in [0.15, 0.2) is 54.6 Å². The second-order valence-electron chi connectivity index (χ2n) is 8.67. The zero-order valence-corrected chi connectivity index (χ0v) is 18.8. The first-order valence-corrected chi connectivity index (χ1v) is 11.8. The molecule has 168 valence electrons. The molecule has 5 nitrogen and oxygen atoms in total. The summed E-state index contributed by atoms with van der Waals surface area (Å²) in [6.07, 6.45) is 7.02. The molecule has 0 radical (unpaired) electrons. The minimum Gasteiger partial charge on any atom is -0.337 e. The van der Waals surface area contributed by atoms with Gasteiger partial charge in [-0.2, -0.15) is 0 Å². The Morgan fingerprint density at radius 3 is 2.44 bits per heavy atom. The molecule has 0 bridgehead atoms. The summed E-state index contributed by atoms with van der Waals surface area (Å²) in [4.78, 5) is 29.4. The van der Waals surface area contributed by atoms with Crippen LogP contribution in [0, 0.1) is 0 Å². The van der Waals surface area contributed by atoms with Gasteiger partial charge in [0, 0.05) is 44.2 Å². The number of hydrogen-bond acceptors (Lipinski definition) is 4. The van der Waals surface area contributed by atoms with Crippen LogP contribution in [0.5, 0.6) is 0 Å². The number of hydrogen-bond donors (Lipinski definition) is 1. The van der Waals surface area contributed by atoms with E-state index < -0.39 is 0 Å². The van der Waals surface area contributed by atoms with E-state index >= 15 is 0 Å². The summed E-state index contributed by atoms with van der Waals surface area (Å²) >= 11 is 0. The topological polar surface area (TPSA) is 52.7 Å². The third-order valence-electron chi connectivity index (χ3n) is 6.45. The van der Waals surface area contributed by atoms with Gasteiger partial charge in [-0.3, -0.25) is 14.5 Å². The summed E-state index contributed by atoms with van der Waals surface area (Å²) in [6.45, 7) is 6.12. The fraction of sp³-hybridized carbons (Fsp3) is 0.407. The molecule has 1 fully saturated rings. The zero-order valence-electron chi connectivity index (χ0n) is 18.8. The maximum atomic E-state index is 12.7. The van der Waals surface area contributed by atoms with E-state index in [1.165, 1.54) is 11.1 Å². The highest BCUT2D eigenvalue weighted by Gasteiger charge is 2.19. The zero-order chi connectivity index (χ0) is 22.2. The van der Waals surface area contributed by atoms with E-state index in [1.54, 1.807) is 6.08 Å². The third-order valence-corrected chi connectivity index (χ3v) is 6.45. The van der Waals surface area contributed by atoms with Crippen LogP contribution in [-0.4, -0.2) is 67.3 Å². The summed E-state index contributed by atoms with van der Waals surface area (Å²) in [5.74, 6) is 0.312. The molecule has 0 spiro atoms. The third kappa shape index (κ3) is 6.15. The lowest BCUT2D eigenvalue weighted by atomic mass is 9.97. The predicted octanol–water partition coefficient (Wildman–Crippen LogP) is 3.20. The van der Waals surface area contributed by atoms with Crippen LogP contribution in [-0.2, 0) is 17.6 Å². The van der Waals surface area contributed by atoms with Crippen molar-refractivity contribution < 1.29 is 9.59 Å². The fourth-order valence-corrected chi connectivity index (χ4v) is 4.48. The smallest absolute Gasteiger partial charge is 0.246 e. The molecule has 2 aromatic rings. The Kier molecular flexibility index (Phi) is 7.86. The van der Waals surface area contributed by atoms with Gasteiger partial charge in [0.25, 0.3) is 0 Å². The van der Waals surface area contributed by atoms with Gasteiger partial charge in [0.15, 0.2) is 5.78 Å². The highest BCUT2D eigenvalue weighted by Crippen LogP contribution is 2.17. The van der Waals surface area contributed by atoms with Gasteiger partial charge in [-0.05, 0) is 67.7 Å². The van der Waals surface area contributed by atoms with E-state index in [0.29, 0.717) is 6.42 Å². The van der Waals surface area contributed by atoms with Crippen molar-refractivity contribution in [3.8, 4) is 0 Å². The van der Waals surface area contributed by atoms with Crippen LogP contribution in [0.1, 0.15) is 39.9 Å². The van der Waals surface area contributed by atoms with E-state index in [-0.39, 0.29) is 11.7 Å². The van der Waals surface area contributed by atoms with Crippen molar-refractivity contribution in [3.05, 3.63) is 76.9 Å². The second-order valence-corrected chi connectivity index (χ2v) is 8.67. The maximum Gasteiger partial charge on any atom is 0.246 e. The first kappa shape index (κ1) is 22.4. The number of benzene rings is 2. The number of Topliss-reactive ketones (excluding diaryl/α,β-unsaturated/α-hetero) is 1. The monoisotopic (exact) mass is 431 g/mol. The number of fused-ring (bicyclic) bond motifs is 1. The first-order valence-electron chi connectivity index (χ1n) is 11.8. The Labute approximate surface area is 191 Å². The summed E-state index contributed by atoms with van der Waals surface area (Å²) in [6, 6.07) is 16.1. The number of carbonyl (C=O) groups is 2. The number of nitrogens with zero attached hydrogens (tertiary/aromatic N) is 2. The maximum absolute atomic E-state index is 12.7. The van der Waals surface area contributed by atoms with E-state index in [1.807, 2.05) is 47.4 Å². The largest absolute Gasteiger partial charge is 0.337 e. The molecule has 4 rings (SSSR count). The molecule has 0 saturated carbocycles. The molecule has 2 aromatic carbocycles. The lowest BCUT2D eigenvalue weighted by molar-refractivity contribution is -0.127. The normalized spacial score (nSPS) is 17.2. The molecule has 0 unspecified atom stereocenters. The Morgan fingerprint density at radius 2 is 1.66 bits per heavy atom. The molecule has 1 N–H and O–H groups in total. The van der Waals surface area contributed by atoms with Gasteiger partial charge in [0.05, 0.1) is 0 Å². The number of carbonyl (C=O) groups excluding carboxylic acids is 2. The minimum absolute atomic E-state index is 0.0714. The van der Waals surface area contributed by atoms with Crippen LogP contribution in [0.4, 0.5) is 0 Å². The number of amides is 1. The lowest BCUT2D eigenvalue weighted by Crippen LogP contribution is -2.48. The van der Waals surface area contributed by atoms with Crippen LogP contribution >= 0.6 is 0 Å². The van der Waals surface area contributed by atoms with Crippen LogP contribution < -0.4 is 5.32 Å². The van der Waals surface area contributed by atoms with Crippen molar-refractivity contribution in [2.24, 2.45) is 0 Å². The Bertz CT molecular complexity index is 947. The van der Waals surface area contributed by atoms with E-state index in [0.717, 1.165) is 76.2 Å². The summed E-state index contributed by atoms with van der Waals surface area (Å²) < 4.78 is 0. The van der Waals surface area contributed by atoms with Crippen molar-refractivity contribution in [1.29, 1.82) is 0 Å². The SMILES string of the molecule is O=C(CCCN1CCN(C(=O)/C=C/c2ccccc2)CC1)c1ccc2c(c1)CCNCC2. The van der Waals surface area contributed by atoms with Crippen LogP contribution in [0.25, 0.3) is 6.08 Å². The second kappa shape index (κ2) is 11.2. The van der Waals surface area contributed by atoms with Crippen LogP contribution in [0.2, 0.25) is 0 Å². The molecule has 2 aliphatic heterocycles.